The summed E-state index contributed by atoms with van der Waals surface area (Å²) < 4.78 is 43.0. The Morgan fingerprint density at radius 2 is 1.68 bits per heavy atom. The second-order valence-electron chi connectivity index (χ2n) is 4.17. The maximum absolute atomic E-state index is 12.5. The molecule has 0 aliphatic carbocycles. The Kier molecular flexibility index (Phi) is 3.64. The summed E-state index contributed by atoms with van der Waals surface area (Å²) in [6, 6.07) is 4.84. The second kappa shape index (κ2) is 5.07. The van der Waals surface area contributed by atoms with E-state index < -0.39 is 11.7 Å². The number of aromatic nitrogens is 1. The molecule has 0 spiro atoms. The number of oxazole rings is 1. The van der Waals surface area contributed by atoms with Gasteiger partial charge in [-0.1, -0.05) is 13.8 Å². The summed E-state index contributed by atoms with van der Waals surface area (Å²) in [5, 5.41) is 0. The quantitative estimate of drug-likeness (QED) is 0.820. The number of halogens is 3. The molecule has 5 heteroatoms. The van der Waals surface area contributed by atoms with Crippen molar-refractivity contribution in [2.45, 2.75) is 32.9 Å². The topological polar surface area (TPSA) is 26.0 Å². The number of nitrogens with zero attached hydrogens (tertiary/aromatic N) is 1. The maximum Gasteiger partial charge on any atom is 0.416 e. The molecule has 0 bridgehead atoms. The molecule has 2 nitrogen and oxygen atoms in total. The number of alkyl halides is 3. The van der Waals surface area contributed by atoms with Gasteiger partial charge in [0.1, 0.15) is 5.76 Å². The standard InChI is InChI=1S/C14H14F3NO/c1-3-11-12(4-2)19-13(18-11)9-5-7-10(8-6-9)14(15,16)17/h5-8H,3-4H2,1-2H3. The van der Waals surface area contributed by atoms with Crippen LogP contribution in [0, 0.1) is 0 Å². The largest absolute Gasteiger partial charge is 0.441 e. The van der Waals surface area contributed by atoms with Gasteiger partial charge in [-0.05, 0) is 30.7 Å². The summed E-state index contributed by atoms with van der Waals surface area (Å²) in [6.07, 6.45) is -2.86. The van der Waals surface area contributed by atoms with Gasteiger partial charge < -0.3 is 4.42 Å². The number of hydrogen-bond donors (Lipinski definition) is 0. The Morgan fingerprint density at radius 1 is 1.05 bits per heavy atom. The lowest BCUT2D eigenvalue weighted by Gasteiger charge is -2.06. The molecule has 19 heavy (non-hydrogen) atoms. The maximum atomic E-state index is 12.5. The van der Waals surface area contributed by atoms with Crippen molar-refractivity contribution in [2.75, 3.05) is 0 Å². The van der Waals surface area contributed by atoms with Crippen LogP contribution in [0.25, 0.3) is 11.5 Å². The van der Waals surface area contributed by atoms with Gasteiger partial charge in [-0.2, -0.15) is 13.2 Å². The van der Waals surface area contributed by atoms with E-state index in [0.717, 1.165) is 36.4 Å². The molecule has 0 aliphatic heterocycles. The Labute approximate surface area is 109 Å². The monoisotopic (exact) mass is 269 g/mol. The van der Waals surface area contributed by atoms with Crippen molar-refractivity contribution in [1.29, 1.82) is 0 Å². The van der Waals surface area contributed by atoms with Crippen molar-refractivity contribution in [3.05, 3.63) is 41.3 Å². The molecule has 0 saturated carbocycles. The molecule has 0 unspecified atom stereocenters. The fraction of sp³-hybridized carbons (Fsp3) is 0.357. The molecule has 102 valence electrons. The minimum absolute atomic E-state index is 0.377. The fourth-order valence-corrected chi connectivity index (χ4v) is 1.86. The summed E-state index contributed by atoms with van der Waals surface area (Å²) in [5.74, 6) is 1.17. The van der Waals surface area contributed by atoms with Crippen LogP contribution in [0.2, 0.25) is 0 Å². The highest BCUT2D eigenvalue weighted by Gasteiger charge is 2.30. The van der Waals surface area contributed by atoms with Crippen LogP contribution in [-0.2, 0) is 19.0 Å². The molecule has 0 fully saturated rings. The smallest absolute Gasteiger partial charge is 0.416 e. The SMILES string of the molecule is CCc1nc(-c2ccc(C(F)(F)F)cc2)oc1CC. The van der Waals surface area contributed by atoms with Crippen molar-refractivity contribution in [3.63, 3.8) is 0 Å². The summed E-state index contributed by atoms with van der Waals surface area (Å²) in [7, 11) is 0. The van der Waals surface area contributed by atoms with E-state index in [9.17, 15) is 13.2 Å². The van der Waals surface area contributed by atoms with Crippen LogP contribution in [-0.4, -0.2) is 4.98 Å². The Balaban J connectivity index is 2.34. The van der Waals surface area contributed by atoms with Crippen molar-refractivity contribution in [3.8, 4) is 11.5 Å². The molecule has 1 aromatic heterocycles. The first-order chi connectivity index (χ1) is 8.95. The number of benzene rings is 1. The van der Waals surface area contributed by atoms with Gasteiger partial charge >= 0.3 is 6.18 Å². The van der Waals surface area contributed by atoms with E-state index in [2.05, 4.69) is 4.98 Å². The molecule has 1 heterocycles. The lowest BCUT2D eigenvalue weighted by Crippen LogP contribution is -2.03. The molecule has 0 radical (unpaired) electrons. The van der Waals surface area contributed by atoms with Gasteiger partial charge in [0.05, 0.1) is 11.3 Å². The van der Waals surface area contributed by atoms with Crippen LogP contribution in [0.3, 0.4) is 0 Å². The van der Waals surface area contributed by atoms with Gasteiger partial charge in [-0.15, -0.1) is 0 Å². The first-order valence-electron chi connectivity index (χ1n) is 6.12. The number of aryl methyl sites for hydroxylation is 2. The summed E-state index contributed by atoms with van der Waals surface area (Å²) in [6.45, 7) is 3.92. The molecular formula is C14H14F3NO. The highest BCUT2D eigenvalue weighted by atomic mass is 19.4. The second-order valence-corrected chi connectivity index (χ2v) is 4.17. The molecular weight excluding hydrogens is 255 g/mol. The zero-order valence-electron chi connectivity index (χ0n) is 10.7. The molecule has 0 saturated heterocycles. The van der Waals surface area contributed by atoms with Crippen molar-refractivity contribution >= 4 is 0 Å². The van der Waals surface area contributed by atoms with E-state index in [1.807, 2.05) is 13.8 Å². The van der Waals surface area contributed by atoms with Gasteiger partial charge in [0.15, 0.2) is 0 Å². The van der Waals surface area contributed by atoms with E-state index in [4.69, 9.17) is 4.42 Å². The minimum Gasteiger partial charge on any atom is -0.441 e. The average molecular weight is 269 g/mol. The molecule has 2 aromatic rings. The van der Waals surface area contributed by atoms with Crippen LogP contribution < -0.4 is 0 Å². The highest BCUT2D eigenvalue weighted by Crippen LogP contribution is 2.31. The average Bonchev–Trinajstić information content (AvgIpc) is 2.81. The van der Waals surface area contributed by atoms with E-state index in [-0.39, 0.29) is 0 Å². The van der Waals surface area contributed by atoms with Gasteiger partial charge in [0, 0.05) is 12.0 Å². The van der Waals surface area contributed by atoms with Crippen molar-refractivity contribution in [2.24, 2.45) is 0 Å². The van der Waals surface area contributed by atoms with Gasteiger partial charge in [-0.25, -0.2) is 4.98 Å². The third-order valence-corrected chi connectivity index (χ3v) is 2.89. The van der Waals surface area contributed by atoms with E-state index in [1.165, 1.54) is 12.1 Å². The highest BCUT2D eigenvalue weighted by molar-refractivity contribution is 5.54. The van der Waals surface area contributed by atoms with Gasteiger partial charge in [0.2, 0.25) is 5.89 Å². The molecule has 0 aliphatic rings. The van der Waals surface area contributed by atoms with Crippen LogP contribution >= 0.6 is 0 Å². The third kappa shape index (κ3) is 2.80. The normalized spacial score (nSPS) is 11.8. The predicted molar refractivity (Wildman–Crippen MR) is 65.7 cm³/mol. The summed E-state index contributed by atoms with van der Waals surface area (Å²) in [5.41, 5.74) is 0.744. The third-order valence-electron chi connectivity index (χ3n) is 2.89. The zero-order valence-corrected chi connectivity index (χ0v) is 10.7. The Morgan fingerprint density at radius 3 is 2.11 bits per heavy atom. The van der Waals surface area contributed by atoms with Crippen LogP contribution in [0.1, 0.15) is 30.9 Å². The molecule has 2 rings (SSSR count). The fourth-order valence-electron chi connectivity index (χ4n) is 1.86. The van der Waals surface area contributed by atoms with E-state index in [1.54, 1.807) is 0 Å². The first kappa shape index (κ1) is 13.6. The van der Waals surface area contributed by atoms with Crippen LogP contribution in [0.4, 0.5) is 13.2 Å². The van der Waals surface area contributed by atoms with Crippen LogP contribution in [0.15, 0.2) is 28.7 Å². The van der Waals surface area contributed by atoms with Gasteiger partial charge in [0.25, 0.3) is 0 Å². The van der Waals surface area contributed by atoms with Crippen molar-refractivity contribution in [1.82, 2.24) is 4.98 Å². The van der Waals surface area contributed by atoms with Crippen molar-refractivity contribution < 1.29 is 17.6 Å². The Hall–Kier alpha value is -1.78. The minimum atomic E-state index is -4.32. The molecule has 1 aromatic carbocycles. The molecule has 0 atom stereocenters. The Bertz CT molecular complexity index is 534. The van der Waals surface area contributed by atoms with Crippen LogP contribution in [0.5, 0.6) is 0 Å². The lowest BCUT2D eigenvalue weighted by molar-refractivity contribution is -0.137. The molecule has 0 N–H and O–H groups in total. The zero-order chi connectivity index (χ0) is 14.0. The number of hydrogen-bond acceptors (Lipinski definition) is 2. The van der Waals surface area contributed by atoms with E-state index in [0.29, 0.717) is 11.5 Å². The van der Waals surface area contributed by atoms with E-state index >= 15 is 0 Å². The lowest BCUT2D eigenvalue weighted by atomic mass is 10.1. The summed E-state index contributed by atoms with van der Waals surface area (Å²) >= 11 is 0. The number of rotatable bonds is 3. The molecule has 0 amide bonds. The van der Waals surface area contributed by atoms with Gasteiger partial charge in [-0.3, -0.25) is 0 Å². The predicted octanol–water partition coefficient (Wildman–Crippen LogP) is 4.49. The summed E-state index contributed by atoms with van der Waals surface area (Å²) in [4.78, 5) is 4.31. The first-order valence-corrected chi connectivity index (χ1v) is 6.12.